The highest BCUT2D eigenvalue weighted by atomic mass is 32.1. The number of aromatic nitrogens is 1. The average Bonchev–Trinajstić information content (AvgIpc) is 3.24. The summed E-state index contributed by atoms with van der Waals surface area (Å²) in [6, 6.07) is 13.2. The number of carbonyl (C=O) groups is 1. The van der Waals surface area contributed by atoms with Crippen LogP contribution in [-0.4, -0.2) is 28.6 Å². The number of rotatable bonds is 6. The van der Waals surface area contributed by atoms with Crippen molar-refractivity contribution < 1.29 is 14.3 Å². The molecule has 0 spiro atoms. The number of hydrogen-bond acceptors (Lipinski definition) is 5. The molecule has 3 aromatic rings. The Hall–Kier alpha value is -2.44. The summed E-state index contributed by atoms with van der Waals surface area (Å²) in [7, 11) is 0. The maximum atomic E-state index is 12.6. The Morgan fingerprint density at radius 1 is 1.29 bits per heavy atom. The normalized spacial score (nSPS) is 12.1. The van der Waals surface area contributed by atoms with Crippen LogP contribution in [-0.2, 0) is 0 Å². The maximum absolute atomic E-state index is 12.6. The van der Waals surface area contributed by atoms with Gasteiger partial charge in [0, 0.05) is 12.1 Å². The van der Waals surface area contributed by atoms with Crippen molar-refractivity contribution in [3.05, 3.63) is 53.6 Å². The topological polar surface area (TPSA) is 75.4 Å². The van der Waals surface area contributed by atoms with E-state index in [2.05, 4.69) is 10.3 Å². The minimum absolute atomic E-state index is 0.190. The van der Waals surface area contributed by atoms with E-state index in [1.807, 2.05) is 36.4 Å². The SMILES string of the molecule is CC(O)CCNC(=O)c1sc(-c2ccco2)nc1-c1ccccc1. The number of aliphatic hydroxyl groups is 1. The van der Waals surface area contributed by atoms with Crippen molar-refractivity contribution in [2.24, 2.45) is 0 Å². The molecular formula is C18H18N2O3S. The van der Waals surface area contributed by atoms with E-state index in [-0.39, 0.29) is 5.91 Å². The van der Waals surface area contributed by atoms with Crippen LogP contribution in [0.15, 0.2) is 53.1 Å². The third-order valence-corrected chi connectivity index (χ3v) is 4.53. The molecule has 3 rings (SSSR count). The van der Waals surface area contributed by atoms with Crippen molar-refractivity contribution >= 4 is 17.2 Å². The Labute approximate surface area is 144 Å². The highest BCUT2D eigenvalue weighted by molar-refractivity contribution is 7.17. The fourth-order valence-corrected chi connectivity index (χ4v) is 3.22. The van der Waals surface area contributed by atoms with Gasteiger partial charge in [-0.1, -0.05) is 30.3 Å². The Morgan fingerprint density at radius 2 is 2.08 bits per heavy atom. The molecule has 0 saturated heterocycles. The van der Waals surface area contributed by atoms with E-state index >= 15 is 0 Å². The molecule has 0 fully saturated rings. The first-order valence-corrected chi connectivity index (χ1v) is 8.53. The van der Waals surface area contributed by atoms with Crippen molar-refractivity contribution in [2.75, 3.05) is 6.54 Å². The maximum Gasteiger partial charge on any atom is 0.263 e. The van der Waals surface area contributed by atoms with Crippen LogP contribution in [0.4, 0.5) is 0 Å². The molecule has 6 heteroatoms. The van der Waals surface area contributed by atoms with Crippen molar-refractivity contribution in [3.8, 4) is 22.0 Å². The van der Waals surface area contributed by atoms with E-state index in [9.17, 15) is 9.90 Å². The smallest absolute Gasteiger partial charge is 0.263 e. The lowest BCUT2D eigenvalue weighted by molar-refractivity contribution is 0.0950. The summed E-state index contributed by atoms with van der Waals surface area (Å²) in [5.74, 6) is 0.449. The molecule has 0 bridgehead atoms. The number of hydrogen-bond donors (Lipinski definition) is 2. The number of benzene rings is 1. The molecular weight excluding hydrogens is 324 g/mol. The fourth-order valence-electron chi connectivity index (χ4n) is 2.25. The van der Waals surface area contributed by atoms with Crippen molar-refractivity contribution in [2.45, 2.75) is 19.4 Å². The van der Waals surface area contributed by atoms with E-state index in [1.165, 1.54) is 11.3 Å². The highest BCUT2D eigenvalue weighted by Gasteiger charge is 2.21. The van der Waals surface area contributed by atoms with Gasteiger partial charge in [-0.3, -0.25) is 4.79 Å². The molecule has 2 aromatic heterocycles. The summed E-state index contributed by atoms with van der Waals surface area (Å²) in [5, 5.41) is 12.8. The molecule has 5 nitrogen and oxygen atoms in total. The fraction of sp³-hybridized carbons (Fsp3) is 0.222. The van der Waals surface area contributed by atoms with Gasteiger partial charge in [-0.15, -0.1) is 11.3 Å². The van der Waals surface area contributed by atoms with Gasteiger partial charge in [0.05, 0.1) is 18.1 Å². The van der Waals surface area contributed by atoms with Crippen LogP contribution in [0.2, 0.25) is 0 Å². The van der Waals surface area contributed by atoms with Crippen LogP contribution in [0.1, 0.15) is 23.0 Å². The second-order valence-electron chi connectivity index (χ2n) is 5.43. The lowest BCUT2D eigenvalue weighted by Crippen LogP contribution is -2.26. The van der Waals surface area contributed by atoms with Crippen molar-refractivity contribution in [3.63, 3.8) is 0 Å². The summed E-state index contributed by atoms with van der Waals surface area (Å²) in [4.78, 5) is 17.7. The first-order chi connectivity index (χ1) is 11.6. The van der Waals surface area contributed by atoms with E-state index < -0.39 is 6.10 Å². The summed E-state index contributed by atoms with van der Waals surface area (Å²) in [5.41, 5.74) is 1.52. The summed E-state index contributed by atoms with van der Waals surface area (Å²) >= 11 is 1.30. The molecule has 1 unspecified atom stereocenters. The van der Waals surface area contributed by atoms with E-state index in [0.717, 1.165) is 5.56 Å². The molecule has 1 aromatic carbocycles. The summed E-state index contributed by atoms with van der Waals surface area (Å²) < 4.78 is 5.40. The molecule has 124 valence electrons. The first kappa shape index (κ1) is 16.4. The van der Waals surface area contributed by atoms with Crippen LogP contribution in [0.25, 0.3) is 22.0 Å². The number of carbonyl (C=O) groups excluding carboxylic acids is 1. The quantitative estimate of drug-likeness (QED) is 0.718. The van der Waals surface area contributed by atoms with Gasteiger partial charge in [0.2, 0.25) is 0 Å². The number of nitrogens with one attached hydrogen (secondary N) is 1. The van der Waals surface area contributed by atoms with E-state index in [4.69, 9.17) is 4.42 Å². The van der Waals surface area contributed by atoms with Crippen LogP contribution < -0.4 is 5.32 Å². The molecule has 2 N–H and O–H groups in total. The monoisotopic (exact) mass is 342 g/mol. The molecule has 0 aliphatic rings. The molecule has 2 heterocycles. The zero-order valence-electron chi connectivity index (χ0n) is 13.2. The first-order valence-electron chi connectivity index (χ1n) is 7.71. The predicted molar refractivity (Wildman–Crippen MR) is 93.9 cm³/mol. The third kappa shape index (κ3) is 3.72. The zero-order valence-corrected chi connectivity index (χ0v) is 14.0. The average molecular weight is 342 g/mol. The minimum Gasteiger partial charge on any atom is -0.462 e. The van der Waals surface area contributed by atoms with E-state index in [0.29, 0.717) is 34.3 Å². The standard InChI is InChI=1S/C18H18N2O3S/c1-12(21)9-10-19-17(22)16-15(13-6-3-2-4-7-13)20-18(24-16)14-8-5-11-23-14/h2-8,11-12,21H,9-10H2,1H3,(H,19,22). The Morgan fingerprint density at radius 3 is 2.75 bits per heavy atom. The predicted octanol–water partition coefficient (Wildman–Crippen LogP) is 3.57. The van der Waals surface area contributed by atoms with Crippen molar-refractivity contribution in [1.29, 1.82) is 0 Å². The van der Waals surface area contributed by atoms with Gasteiger partial charge < -0.3 is 14.8 Å². The van der Waals surface area contributed by atoms with Crippen LogP contribution in [0.5, 0.6) is 0 Å². The summed E-state index contributed by atoms with van der Waals surface area (Å²) in [6.45, 7) is 2.11. The highest BCUT2D eigenvalue weighted by Crippen LogP contribution is 2.34. The second kappa shape index (κ2) is 7.42. The van der Waals surface area contributed by atoms with Gasteiger partial charge >= 0.3 is 0 Å². The second-order valence-corrected chi connectivity index (χ2v) is 6.43. The zero-order chi connectivity index (χ0) is 16.9. The molecule has 1 amide bonds. The molecule has 0 radical (unpaired) electrons. The van der Waals surface area contributed by atoms with Gasteiger partial charge in [0.15, 0.2) is 10.8 Å². The lowest BCUT2D eigenvalue weighted by atomic mass is 10.1. The Balaban J connectivity index is 1.92. The largest absolute Gasteiger partial charge is 0.462 e. The van der Waals surface area contributed by atoms with Gasteiger partial charge in [-0.2, -0.15) is 0 Å². The third-order valence-electron chi connectivity index (χ3n) is 3.46. The number of aliphatic hydroxyl groups excluding tert-OH is 1. The van der Waals surface area contributed by atoms with Crippen molar-refractivity contribution in [1.82, 2.24) is 10.3 Å². The minimum atomic E-state index is -0.445. The van der Waals surface area contributed by atoms with Gasteiger partial charge in [-0.05, 0) is 25.5 Å². The summed E-state index contributed by atoms with van der Waals surface area (Å²) in [6.07, 6.45) is 1.65. The Bertz CT molecular complexity index is 795. The molecule has 0 aliphatic carbocycles. The Kier molecular flexibility index (Phi) is 5.08. The lowest BCUT2D eigenvalue weighted by Gasteiger charge is -2.06. The van der Waals surface area contributed by atoms with Crippen LogP contribution >= 0.6 is 11.3 Å². The van der Waals surface area contributed by atoms with Gasteiger partial charge in [0.25, 0.3) is 5.91 Å². The number of nitrogens with zero attached hydrogens (tertiary/aromatic N) is 1. The number of furan rings is 1. The van der Waals surface area contributed by atoms with Gasteiger partial charge in [0.1, 0.15) is 4.88 Å². The molecule has 24 heavy (non-hydrogen) atoms. The molecule has 1 atom stereocenters. The van der Waals surface area contributed by atoms with Crippen LogP contribution in [0, 0.1) is 0 Å². The van der Waals surface area contributed by atoms with E-state index in [1.54, 1.807) is 19.3 Å². The molecule has 0 aliphatic heterocycles. The molecule has 0 saturated carbocycles. The number of thiazole rings is 1. The van der Waals surface area contributed by atoms with Crippen LogP contribution in [0.3, 0.4) is 0 Å². The number of amides is 1. The van der Waals surface area contributed by atoms with Gasteiger partial charge in [-0.25, -0.2) is 4.98 Å².